The quantitative estimate of drug-likeness (QED) is 0.633. The molecule has 2 atom stereocenters. The van der Waals surface area contributed by atoms with E-state index in [1.54, 1.807) is 0 Å². The van der Waals surface area contributed by atoms with Gasteiger partial charge in [-0.25, -0.2) is 0 Å². The van der Waals surface area contributed by atoms with E-state index >= 15 is 0 Å². The van der Waals surface area contributed by atoms with E-state index in [2.05, 4.69) is 10.4 Å². The summed E-state index contributed by atoms with van der Waals surface area (Å²) < 4.78 is 0. The summed E-state index contributed by atoms with van der Waals surface area (Å²) in [7, 11) is 0. The van der Waals surface area contributed by atoms with Crippen LogP contribution in [0, 0.1) is 11.8 Å². The summed E-state index contributed by atoms with van der Waals surface area (Å²) in [5.41, 5.74) is 2.75. The Morgan fingerprint density at radius 1 is 1.10 bits per heavy atom. The van der Waals surface area contributed by atoms with Gasteiger partial charge in [0.2, 0.25) is 0 Å². The van der Waals surface area contributed by atoms with Crippen LogP contribution in [0.25, 0.3) is 0 Å². The van der Waals surface area contributed by atoms with Gasteiger partial charge in [0.15, 0.2) is 0 Å². The molecule has 1 aliphatic heterocycles. The van der Waals surface area contributed by atoms with Crippen molar-refractivity contribution >= 4 is 17.7 Å². The minimum Gasteiger partial charge on any atom is -0.272 e. The van der Waals surface area contributed by atoms with E-state index in [9.17, 15) is 14.4 Å². The molecule has 0 radical (unpaired) electrons. The Kier molecular flexibility index (Phi) is 3.06. The number of fused-ring (bicyclic) bond motifs is 1. The number of allylic oxidation sites excluding steroid dienone is 2. The van der Waals surface area contributed by atoms with Gasteiger partial charge < -0.3 is 0 Å². The molecule has 3 rings (SSSR count). The second kappa shape index (κ2) is 4.88. The maximum absolute atomic E-state index is 12.2. The monoisotopic (exact) mass is 271 g/mol. The molecule has 0 aromatic carbocycles. The third-order valence-electron chi connectivity index (χ3n) is 3.66. The predicted molar refractivity (Wildman–Crippen MR) is 68.9 cm³/mol. The summed E-state index contributed by atoms with van der Waals surface area (Å²) >= 11 is 0. The van der Waals surface area contributed by atoms with Crippen LogP contribution < -0.4 is 5.43 Å². The highest BCUT2D eigenvalue weighted by molar-refractivity contribution is 6.07. The number of hydrogen-bond acceptors (Lipinski definition) is 4. The number of nitrogens with one attached hydrogen (secondary N) is 1. The van der Waals surface area contributed by atoms with E-state index < -0.39 is 5.91 Å². The Morgan fingerprint density at radius 2 is 1.65 bits per heavy atom. The van der Waals surface area contributed by atoms with Crippen LogP contribution in [-0.2, 0) is 9.59 Å². The van der Waals surface area contributed by atoms with E-state index in [1.165, 1.54) is 24.5 Å². The van der Waals surface area contributed by atoms with Crippen LogP contribution in [0.3, 0.4) is 0 Å². The fraction of sp³-hybridized carbons (Fsp3) is 0.286. The van der Waals surface area contributed by atoms with Crippen LogP contribution in [0.15, 0.2) is 36.7 Å². The van der Waals surface area contributed by atoms with Crippen LogP contribution >= 0.6 is 0 Å². The minimum absolute atomic E-state index is 0.327. The fourth-order valence-corrected chi connectivity index (χ4v) is 2.58. The molecule has 2 heterocycles. The van der Waals surface area contributed by atoms with Gasteiger partial charge in [0.05, 0.1) is 11.8 Å². The lowest BCUT2D eigenvalue weighted by Crippen LogP contribution is -2.46. The van der Waals surface area contributed by atoms with Crippen molar-refractivity contribution in [2.45, 2.75) is 12.8 Å². The first kappa shape index (κ1) is 12.5. The van der Waals surface area contributed by atoms with E-state index in [0.717, 1.165) is 5.01 Å². The minimum atomic E-state index is -0.485. The lowest BCUT2D eigenvalue weighted by atomic mass is 9.85. The number of aromatic nitrogens is 1. The zero-order valence-corrected chi connectivity index (χ0v) is 10.7. The number of hydrogen-bond donors (Lipinski definition) is 1. The second-order valence-electron chi connectivity index (χ2n) is 4.84. The molecule has 6 nitrogen and oxygen atoms in total. The van der Waals surface area contributed by atoms with Crippen molar-refractivity contribution in [2.24, 2.45) is 11.8 Å². The number of carbonyl (C=O) groups is 3. The van der Waals surface area contributed by atoms with Gasteiger partial charge >= 0.3 is 0 Å². The predicted octanol–water partition coefficient (Wildman–Crippen LogP) is 0.678. The van der Waals surface area contributed by atoms with Crippen molar-refractivity contribution in [1.29, 1.82) is 0 Å². The Morgan fingerprint density at radius 3 is 2.20 bits per heavy atom. The zero-order chi connectivity index (χ0) is 14.1. The molecule has 0 unspecified atom stereocenters. The van der Waals surface area contributed by atoms with Crippen molar-refractivity contribution in [2.75, 3.05) is 0 Å². The van der Waals surface area contributed by atoms with Gasteiger partial charge in [-0.2, -0.15) is 5.01 Å². The highest BCUT2D eigenvalue weighted by atomic mass is 16.2. The van der Waals surface area contributed by atoms with Gasteiger partial charge in [-0.3, -0.25) is 24.8 Å². The molecule has 20 heavy (non-hydrogen) atoms. The SMILES string of the molecule is O=C(NN1C(=O)[C@H]2CC=CC[C@H]2C1=O)c1ccncc1. The molecule has 0 bridgehead atoms. The van der Waals surface area contributed by atoms with Gasteiger partial charge in [0.1, 0.15) is 0 Å². The Hall–Kier alpha value is -2.50. The third-order valence-corrected chi connectivity index (χ3v) is 3.66. The van der Waals surface area contributed by atoms with Gasteiger partial charge in [-0.1, -0.05) is 12.2 Å². The Labute approximate surface area is 115 Å². The molecule has 1 fully saturated rings. The first-order chi connectivity index (χ1) is 9.68. The average Bonchev–Trinajstić information content (AvgIpc) is 2.74. The van der Waals surface area contributed by atoms with Gasteiger partial charge in [0, 0.05) is 18.0 Å². The molecule has 1 N–H and O–H groups in total. The molecule has 6 heteroatoms. The van der Waals surface area contributed by atoms with Gasteiger partial charge in [-0.15, -0.1) is 0 Å². The number of hydrazine groups is 1. The largest absolute Gasteiger partial charge is 0.272 e. The van der Waals surface area contributed by atoms with Crippen molar-refractivity contribution in [3.05, 3.63) is 42.2 Å². The number of pyridine rings is 1. The zero-order valence-electron chi connectivity index (χ0n) is 10.7. The van der Waals surface area contributed by atoms with E-state index in [1.807, 2.05) is 12.2 Å². The molecule has 1 aliphatic carbocycles. The van der Waals surface area contributed by atoms with Crippen LogP contribution in [0.1, 0.15) is 23.2 Å². The van der Waals surface area contributed by atoms with Crippen molar-refractivity contribution < 1.29 is 14.4 Å². The molecule has 1 saturated heterocycles. The standard InChI is InChI=1S/C14H13N3O3/c18-12(9-5-7-15-8-6-9)16-17-13(19)10-3-1-2-4-11(10)14(17)20/h1-2,5-8,10-11H,3-4H2,(H,16,18)/t10-,11+. The maximum Gasteiger partial charge on any atom is 0.270 e. The van der Waals surface area contributed by atoms with E-state index in [4.69, 9.17) is 0 Å². The molecule has 0 saturated carbocycles. The van der Waals surface area contributed by atoms with Crippen molar-refractivity contribution in [3.63, 3.8) is 0 Å². The number of nitrogens with zero attached hydrogens (tertiary/aromatic N) is 2. The number of carbonyl (C=O) groups excluding carboxylic acids is 3. The Bertz CT molecular complexity index is 571. The number of rotatable bonds is 2. The summed E-state index contributed by atoms with van der Waals surface area (Å²) in [6.07, 6.45) is 7.87. The van der Waals surface area contributed by atoms with E-state index in [-0.39, 0.29) is 23.7 Å². The molecule has 2 aliphatic rings. The number of imide groups is 1. The van der Waals surface area contributed by atoms with Crippen LogP contribution in [0.2, 0.25) is 0 Å². The molecule has 102 valence electrons. The van der Waals surface area contributed by atoms with E-state index in [0.29, 0.717) is 18.4 Å². The highest BCUT2D eigenvalue weighted by Crippen LogP contribution is 2.34. The maximum atomic E-state index is 12.2. The topological polar surface area (TPSA) is 79.4 Å². The summed E-state index contributed by atoms with van der Waals surface area (Å²) in [5, 5.41) is 0.866. The lowest BCUT2D eigenvalue weighted by Gasteiger charge is -2.15. The molecular weight excluding hydrogens is 258 g/mol. The Balaban J connectivity index is 1.77. The summed E-state index contributed by atoms with van der Waals surface area (Å²) in [5.74, 6) is -1.82. The summed E-state index contributed by atoms with van der Waals surface area (Å²) in [6, 6.07) is 3.05. The fourth-order valence-electron chi connectivity index (χ4n) is 2.58. The van der Waals surface area contributed by atoms with Crippen LogP contribution in [0.4, 0.5) is 0 Å². The molecule has 1 aromatic heterocycles. The van der Waals surface area contributed by atoms with Gasteiger partial charge in [-0.05, 0) is 25.0 Å². The van der Waals surface area contributed by atoms with Gasteiger partial charge in [0.25, 0.3) is 17.7 Å². The van der Waals surface area contributed by atoms with Crippen LogP contribution in [-0.4, -0.2) is 27.7 Å². The first-order valence-corrected chi connectivity index (χ1v) is 6.42. The number of amides is 3. The van der Waals surface area contributed by atoms with Crippen molar-refractivity contribution in [1.82, 2.24) is 15.4 Å². The molecule has 1 aromatic rings. The molecule has 0 spiro atoms. The molecular formula is C14H13N3O3. The smallest absolute Gasteiger partial charge is 0.270 e. The lowest BCUT2D eigenvalue weighted by molar-refractivity contribution is -0.142. The first-order valence-electron chi connectivity index (χ1n) is 6.42. The summed E-state index contributed by atoms with van der Waals surface area (Å²) in [4.78, 5) is 40.1. The van der Waals surface area contributed by atoms with Crippen molar-refractivity contribution in [3.8, 4) is 0 Å². The average molecular weight is 271 g/mol. The molecule has 3 amide bonds. The van der Waals surface area contributed by atoms with Crippen LogP contribution in [0.5, 0.6) is 0 Å². The summed E-state index contributed by atoms with van der Waals surface area (Å²) in [6.45, 7) is 0. The second-order valence-corrected chi connectivity index (χ2v) is 4.84. The highest BCUT2D eigenvalue weighted by Gasteiger charge is 2.48. The normalized spacial score (nSPS) is 24.7. The third kappa shape index (κ3) is 1.99.